The molecular formula is C75H104BNO6Si2. The highest BCUT2D eigenvalue weighted by atomic mass is 28.4. The average molecular weight is 1180 g/mol. The van der Waals surface area contributed by atoms with Gasteiger partial charge in [0, 0.05) is 33.7 Å². The van der Waals surface area contributed by atoms with E-state index in [0.29, 0.717) is 6.61 Å². The Labute approximate surface area is 517 Å². The Morgan fingerprint density at radius 3 is 1.33 bits per heavy atom. The van der Waals surface area contributed by atoms with Crippen LogP contribution in [0.2, 0.25) is 39.3 Å². The van der Waals surface area contributed by atoms with E-state index in [2.05, 4.69) is 224 Å². The fourth-order valence-corrected chi connectivity index (χ4v) is 16.3. The molecule has 0 unspecified atom stereocenters. The van der Waals surface area contributed by atoms with Crippen molar-refractivity contribution in [3.8, 4) is 34.9 Å². The first-order valence-electron chi connectivity index (χ1n) is 32.4. The van der Waals surface area contributed by atoms with Crippen LogP contribution in [-0.2, 0) is 44.9 Å². The van der Waals surface area contributed by atoms with Crippen LogP contribution in [0.15, 0.2) is 91.1 Å². The van der Waals surface area contributed by atoms with Crippen LogP contribution in [0.1, 0.15) is 213 Å². The van der Waals surface area contributed by atoms with Crippen LogP contribution >= 0.6 is 0 Å². The fraction of sp³-hybridized carbons (Fsp3) is 0.547. The van der Waals surface area contributed by atoms with Gasteiger partial charge in [0.25, 0.3) is 0 Å². The molecule has 7 nitrogen and oxygen atoms in total. The molecule has 8 rings (SSSR count). The van der Waals surface area contributed by atoms with Gasteiger partial charge in [-0.05, 0) is 247 Å². The van der Waals surface area contributed by atoms with Gasteiger partial charge in [0.1, 0.15) is 11.2 Å². The molecule has 2 heterocycles. The largest absolute Gasteiger partial charge is 0.495 e. The van der Waals surface area contributed by atoms with Crippen molar-refractivity contribution >= 4 is 35.2 Å². The molecule has 0 spiro atoms. The smallest absolute Gasteiger partial charge is 0.466 e. The first-order chi connectivity index (χ1) is 40.0. The number of benzene rings is 4. The standard InChI is InChI=1S/C39H51NO3Si.C36H53BO3Si/c1-9-39(10-2,34-18-19-35(30(5)26-34)36-20-15-31(28-40-36)27-37(41)42-11-3)33-17-16-32(29(4)25-33)21-24-38(43-44(6,7)8)22-13-12-14-23-38;1-12-36(13-2,31-19-20-32(28(4)26-31)37-38-33(5,6)34(7,8)39-37)30-18-17-29(27(3)25-30)21-24-35(40-41(9,10)11)22-15-14-16-23-35/h15-20,25-26,28H,9-14,22-23,27H2,1-8H3;17-20,25-26H,12-16,22-23H2,1-11H3. The Kier molecular flexibility index (Phi) is 21.9. The van der Waals surface area contributed by atoms with Gasteiger partial charge in [0.2, 0.25) is 0 Å². The van der Waals surface area contributed by atoms with E-state index in [1.54, 1.807) is 6.20 Å². The summed E-state index contributed by atoms with van der Waals surface area (Å²) in [6.45, 7) is 42.3. The number of rotatable bonds is 17. The molecule has 1 aromatic heterocycles. The van der Waals surface area contributed by atoms with Gasteiger partial charge in [-0.15, -0.1) is 0 Å². The lowest BCUT2D eigenvalue weighted by atomic mass is 9.68. The van der Waals surface area contributed by atoms with Crippen LogP contribution < -0.4 is 5.46 Å². The zero-order valence-corrected chi connectivity index (χ0v) is 57.9. The Morgan fingerprint density at radius 2 is 0.965 bits per heavy atom. The summed E-state index contributed by atoms with van der Waals surface area (Å²) < 4.78 is 31.3. The van der Waals surface area contributed by atoms with E-state index < -0.39 is 16.6 Å². The van der Waals surface area contributed by atoms with Gasteiger partial charge in [0.05, 0.1) is 29.9 Å². The topological polar surface area (TPSA) is 76.1 Å². The monoisotopic (exact) mass is 1180 g/mol. The second-order valence-corrected chi connectivity index (χ2v) is 36.8. The molecule has 1 aliphatic heterocycles. The molecule has 0 atom stereocenters. The summed E-state index contributed by atoms with van der Waals surface area (Å²) in [5.74, 6) is 14.2. The average Bonchev–Trinajstić information content (AvgIpc) is 2.16. The molecule has 3 fully saturated rings. The van der Waals surface area contributed by atoms with Crippen molar-refractivity contribution in [2.24, 2.45) is 0 Å². The molecule has 4 aromatic carbocycles. The minimum Gasteiger partial charge on any atom is -0.466 e. The van der Waals surface area contributed by atoms with Gasteiger partial charge in [0.15, 0.2) is 16.6 Å². The van der Waals surface area contributed by atoms with Crippen molar-refractivity contribution in [1.82, 2.24) is 4.98 Å². The summed E-state index contributed by atoms with van der Waals surface area (Å²) in [6.07, 6.45) is 17.6. The minimum atomic E-state index is -1.72. The minimum absolute atomic E-state index is 0.0680. The van der Waals surface area contributed by atoms with Gasteiger partial charge in [-0.25, -0.2) is 0 Å². The molecule has 5 aromatic rings. The second kappa shape index (κ2) is 27.6. The number of carbonyl (C=O) groups excluding carboxylic acids is 1. The molecule has 0 radical (unpaired) electrons. The number of aryl methyl sites for hydroxylation is 4. The van der Waals surface area contributed by atoms with Crippen LogP contribution in [0, 0.1) is 51.4 Å². The quantitative estimate of drug-likeness (QED) is 0.0521. The first-order valence-corrected chi connectivity index (χ1v) is 39.2. The Balaban J connectivity index is 0.000000244. The predicted octanol–water partition coefficient (Wildman–Crippen LogP) is 18.1. The molecule has 0 amide bonds. The number of pyridine rings is 1. The van der Waals surface area contributed by atoms with Gasteiger partial charge < -0.3 is 22.9 Å². The first kappa shape index (κ1) is 67.5. The summed E-state index contributed by atoms with van der Waals surface area (Å²) in [5, 5.41) is 0. The fourth-order valence-electron chi connectivity index (χ4n) is 13.5. The predicted molar refractivity (Wildman–Crippen MR) is 361 cm³/mol. The normalized spacial score (nSPS) is 17.4. The van der Waals surface area contributed by atoms with Crippen molar-refractivity contribution in [1.29, 1.82) is 0 Å². The van der Waals surface area contributed by atoms with Crippen molar-refractivity contribution in [3.63, 3.8) is 0 Å². The van der Waals surface area contributed by atoms with Crippen LogP contribution in [0.4, 0.5) is 0 Å². The highest BCUT2D eigenvalue weighted by molar-refractivity contribution is 6.70. The summed E-state index contributed by atoms with van der Waals surface area (Å²) in [6, 6.07) is 31.5. The summed E-state index contributed by atoms with van der Waals surface area (Å²) in [5.41, 5.74) is 15.0. The third kappa shape index (κ3) is 16.0. The SMILES string of the molecule is CCC(CC)(c1ccc(C#CC2(O[Si](C)(C)C)CCCCC2)c(C)c1)c1ccc(B2OC(C)(C)C(C)(C)O2)c(C)c1.CCOC(=O)Cc1ccc(-c2ccc(C(CC)(CC)c3ccc(C#CC4(O[Si](C)(C)C)CCCCC4)c(C)c3)cc2C)nc1. The zero-order valence-electron chi connectivity index (χ0n) is 55.9. The van der Waals surface area contributed by atoms with Crippen molar-refractivity contribution < 1.29 is 27.7 Å². The van der Waals surface area contributed by atoms with Crippen molar-refractivity contribution in [3.05, 3.63) is 152 Å². The maximum Gasteiger partial charge on any atom is 0.495 e. The van der Waals surface area contributed by atoms with Gasteiger partial charge >= 0.3 is 13.1 Å². The third-order valence-electron chi connectivity index (χ3n) is 19.0. The molecular weight excluding hydrogens is 1080 g/mol. The molecule has 456 valence electrons. The summed E-state index contributed by atoms with van der Waals surface area (Å²) in [4.78, 5) is 16.5. The second-order valence-electron chi connectivity index (χ2n) is 27.9. The lowest BCUT2D eigenvalue weighted by Gasteiger charge is -2.38. The van der Waals surface area contributed by atoms with E-state index in [9.17, 15) is 4.79 Å². The van der Waals surface area contributed by atoms with E-state index in [1.165, 1.54) is 83.0 Å². The van der Waals surface area contributed by atoms with Crippen LogP contribution in [0.5, 0.6) is 0 Å². The van der Waals surface area contributed by atoms with Crippen molar-refractivity contribution in [2.75, 3.05) is 6.61 Å². The van der Waals surface area contributed by atoms with E-state index in [1.807, 2.05) is 19.1 Å². The number of carbonyl (C=O) groups is 1. The van der Waals surface area contributed by atoms with Crippen LogP contribution in [0.3, 0.4) is 0 Å². The van der Waals surface area contributed by atoms with Gasteiger partial charge in [-0.1, -0.05) is 137 Å². The number of nitrogens with zero attached hydrogens (tertiary/aromatic N) is 1. The molecule has 0 bridgehead atoms. The maximum atomic E-state index is 11.9. The lowest BCUT2D eigenvalue weighted by Crippen LogP contribution is -2.43. The van der Waals surface area contributed by atoms with E-state index in [0.717, 1.165) is 84.8 Å². The van der Waals surface area contributed by atoms with E-state index >= 15 is 0 Å². The maximum absolute atomic E-state index is 11.9. The number of hydrogen-bond donors (Lipinski definition) is 0. The lowest BCUT2D eigenvalue weighted by molar-refractivity contribution is -0.142. The highest BCUT2D eigenvalue weighted by Crippen LogP contribution is 2.44. The zero-order chi connectivity index (χ0) is 62.2. The Hall–Kier alpha value is -5.04. The van der Waals surface area contributed by atoms with Crippen LogP contribution in [-0.4, -0.2) is 63.7 Å². The third-order valence-corrected chi connectivity index (χ3v) is 21.0. The van der Waals surface area contributed by atoms with Gasteiger partial charge in [-0.3, -0.25) is 9.78 Å². The Bertz CT molecular complexity index is 3220. The Morgan fingerprint density at radius 1 is 0.553 bits per heavy atom. The molecule has 10 heteroatoms. The van der Waals surface area contributed by atoms with Crippen LogP contribution in [0.25, 0.3) is 11.3 Å². The van der Waals surface area contributed by atoms with Gasteiger partial charge in [-0.2, -0.15) is 0 Å². The number of hydrogen-bond acceptors (Lipinski definition) is 7. The van der Waals surface area contributed by atoms with E-state index in [4.69, 9.17) is 22.9 Å². The molecule has 0 N–H and O–H groups in total. The van der Waals surface area contributed by atoms with Crippen molar-refractivity contribution in [2.45, 2.75) is 259 Å². The number of aromatic nitrogens is 1. The molecule has 2 saturated carbocycles. The van der Waals surface area contributed by atoms with E-state index in [-0.39, 0.29) is 52.7 Å². The number of esters is 1. The molecule has 3 aliphatic rings. The summed E-state index contributed by atoms with van der Waals surface area (Å²) >= 11 is 0. The molecule has 1 saturated heterocycles. The molecule has 2 aliphatic carbocycles. The number of ether oxygens (including phenoxy) is 1. The highest BCUT2D eigenvalue weighted by Gasteiger charge is 2.52. The molecule has 85 heavy (non-hydrogen) atoms. The summed E-state index contributed by atoms with van der Waals surface area (Å²) in [7, 11) is -3.76.